The Labute approximate surface area is 174 Å². The Kier molecular flexibility index (Phi) is 7.45. The van der Waals surface area contributed by atoms with E-state index in [9.17, 15) is 9.59 Å². The van der Waals surface area contributed by atoms with Crippen LogP contribution in [0.15, 0.2) is 60.7 Å². The molecule has 2 amide bonds. The van der Waals surface area contributed by atoms with Crippen LogP contribution in [0.3, 0.4) is 0 Å². The zero-order valence-electron chi connectivity index (χ0n) is 17.6. The molecular weight excluding hydrogens is 360 g/mol. The summed E-state index contributed by atoms with van der Waals surface area (Å²) in [6.45, 7) is 5.72. The molecule has 0 aliphatic carbocycles. The second kappa shape index (κ2) is 10.2. The topological polar surface area (TPSA) is 40.6 Å². The minimum Gasteiger partial charge on any atom is -0.343 e. The Hall–Kier alpha value is -2.62. The normalized spacial score (nSPS) is 15.7. The molecule has 0 bridgehead atoms. The Morgan fingerprint density at radius 1 is 1.00 bits per heavy atom. The van der Waals surface area contributed by atoms with Gasteiger partial charge in [-0.25, -0.2) is 0 Å². The van der Waals surface area contributed by atoms with Gasteiger partial charge < -0.3 is 9.80 Å². The number of benzene rings is 2. The fourth-order valence-corrected chi connectivity index (χ4v) is 4.24. The SMILES string of the molecule is CC(=O)N(CCC(=O)N1CCC(Cc2ccccc2)CC1)C(C)c1ccccc1. The van der Waals surface area contributed by atoms with E-state index in [0.29, 0.717) is 18.9 Å². The van der Waals surface area contributed by atoms with Crippen LogP contribution in [0, 0.1) is 5.92 Å². The molecule has 1 fully saturated rings. The highest BCUT2D eigenvalue weighted by atomic mass is 16.2. The molecule has 1 heterocycles. The molecular formula is C25H32N2O2. The molecule has 0 spiro atoms. The predicted molar refractivity (Wildman–Crippen MR) is 116 cm³/mol. The van der Waals surface area contributed by atoms with Crippen molar-refractivity contribution >= 4 is 11.8 Å². The van der Waals surface area contributed by atoms with Crippen molar-refractivity contribution in [1.29, 1.82) is 0 Å². The van der Waals surface area contributed by atoms with Crippen LogP contribution in [0.4, 0.5) is 0 Å². The zero-order chi connectivity index (χ0) is 20.6. The van der Waals surface area contributed by atoms with Crippen LogP contribution < -0.4 is 0 Å². The fraction of sp³-hybridized carbons (Fsp3) is 0.440. The molecule has 4 nitrogen and oxygen atoms in total. The Bertz CT molecular complexity index is 783. The summed E-state index contributed by atoms with van der Waals surface area (Å²) in [4.78, 5) is 28.7. The highest BCUT2D eigenvalue weighted by Crippen LogP contribution is 2.23. The molecule has 0 saturated carbocycles. The highest BCUT2D eigenvalue weighted by Gasteiger charge is 2.25. The Morgan fingerprint density at radius 3 is 2.17 bits per heavy atom. The number of hydrogen-bond donors (Lipinski definition) is 0. The minimum absolute atomic E-state index is 0.00993. The van der Waals surface area contributed by atoms with Gasteiger partial charge in [-0.3, -0.25) is 9.59 Å². The average Bonchev–Trinajstić information content (AvgIpc) is 2.75. The van der Waals surface area contributed by atoms with E-state index in [2.05, 4.69) is 24.3 Å². The van der Waals surface area contributed by atoms with Crippen molar-refractivity contribution in [3.8, 4) is 0 Å². The number of carbonyl (C=O) groups is 2. The van der Waals surface area contributed by atoms with Gasteiger partial charge in [0.25, 0.3) is 0 Å². The molecule has 0 N–H and O–H groups in total. The third-order valence-corrected chi connectivity index (χ3v) is 6.05. The maximum atomic E-state index is 12.7. The lowest BCUT2D eigenvalue weighted by molar-refractivity contribution is -0.135. The summed E-state index contributed by atoms with van der Waals surface area (Å²) < 4.78 is 0. The second-order valence-corrected chi connectivity index (χ2v) is 8.06. The van der Waals surface area contributed by atoms with E-state index in [1.165, 1.54) is 5.56 Å². The molecule has 0 radical (unpaired) electrons. The number of carbonyl (C=O) groups excluding carboxylic acids is 2. The molecule has 3 rings (SSSR count). The van der Waals surface area contributed by atoms with Crippen molar-refractivity contribution in [3.63, 3.8) is 0 Å². The van der Waals surface area contributed by atoms with Gasteiger partial charge in [0.1, 0.15) is 0 Å². The van der Waals surface area contributed by atoms with Gasteiger partial charge in [-0.1, -0.05) is 60.7 Å². The van der Waals surface area contributed by atoms with Gasteiger partial charge in [0.2, 0.25) is 11.8 Å². The highest BCUT2D eigenvalue weighted by molar-refractivity contribution is 5.78. The Balaban J connectivity index is 1.48. The quantitative estimate of drug-likeness (QED) is 0.698. The largest absolute Gasteiger partial charge is 0.343 e. The summed E-state index contributed by atoms with van der Waals surface area (Å²) in [5.74, 6) is 0.818. The van der Waals surface area contributed by atoms with E-state index in [4.69, 9.17) is 0 Å². The number of piperidine rings is 1. The molecule has 1 unspecified atom stereocenters. The summed E-state index contributed by atoms with van der Waals surface area (Å²) in [5.41, 5.74) is 2.47. The number of amides is 2. The fourth-order valence-electron chi connectivity index (χ4n) is 4.24. The van der Waals surface area contributed by atoms with Crippen molar-refractivity contribution in [3.05, 3.63) is 71.8 Å². The zero-order valence-corrected chi connectivity index (χ0v) is 17.6. The molecule has 2 aromatic carbocycles. The van der Waals surface area contributed by atoms with Crippen molar-refractivity contribution in [2.75, 3.05) is 19.6 Å². The third-order valence-electron chi connectivity index (χ3n) is 6.05. The van der Waals surface area contributed by atoms with Crippen LogP contribution in [0.2, 0.25) is 0 Å². The molecule has 154 valence electrons. The van der Waals surface area contributed by atoms with Crippen LogP contribution in [-0.2, 0) is 16.0 Å². The van der Waals surface area contributed by atoms with E-state index in [0.717, 1.165) is 37.9 Å². The van der Waals surface area contributed by atoms with E-state index in [1.54, 1.807) is 11.8 Å². The summed E-state index contributed by atoms with van der Waals surface area (Å²) in [5, 5.41) is 0. The molecule has 1 atom stereocenters. The van der Waals surface area contributed by atoms with Crippen molar-refractivity contribution in [2.45, 2.75) is 45.6 Å². The average molecular weight is 393 g/mol. The maximum Gasteiger partial charge on any atom is 0.224 e. The maximum absolute atomic E-state index is 12.7. The second-order valence-electron chi connectivity index (χ2n) is 8.06. The van der Waals surface area contributed by atoms with Crippen molar-refractivity contribution < 1.29 is 9.59 Å². The van der Waals surface area contributed by atoms with E-state index < -0.39 is 0 Å². The summed E-state index contributed by atoms with van der Waals surface area (Å²) in [6, 6.07) is 20.6. The predicted octanol–water partition coefficient (Wildman–Crippen LogP) is 4.47. The van der Waals surface area contributed by atoms with Gasteiger partial charge >= 0.3 is 0 Å². The van der Waals surface area contributed by atoms with Gasteiger partial charge in [-0.15, -0.1) is 0 Å². The first-order valence-corrected chi connectivity index (χ1v) is 10.7. The number of likely N-dealkylation sites (tertiary alicyclic amines) is 1. The Morgan fingerprint density at radius 2 is 1.59 bits per heavy atom. The van der Waals surface area contributed by atoms with Crippen LogP contribution in [0.1, 0.15) is 50.3 Å². The molecule has 1 aliphatic heterocycles. The van der Waals surface area contributed by atoms with Crippen molar-refractivity contribution in [2.24, 2.45) is 5.92 Å². The van der Waals surface area contributed by atoms with Crippen molar-refractivity contribution in [1.82, 2.24) is 9.80 Å². The smallest absolute Gasteiger partial charge is 0.224 e. The molecule has 4 heteroatoms. The monoisotopic (exact) mass is 392 g/mol. The standard InChI is InChI=1S/C25H32N2O2/c1-20(24-11-7-4-8-12-24)27(21(2)28)18-15-25(29)26-16-13-23(14-17-26)19-22-9-5-3-6-10-22/h3-12,20,23H,13-19H2,1-2H3. The number of rotatable bonds is 7. The minimum atomic E-state index is -0.0295. The summed E-state index contributed by atoms with van der Waals surface area (Å²) in [6.07, 6.45) is 3.59. The first kappa shape index (κ1) is 21.1. The molecule has 1 saturated heterocycles. The molecule has 2 aromatic rings. The molecule has 0 aromatic heterocycles. The third kappa shape index (κ3) is 5.93. The first-order chi connectivity index (χ1) is 14.0. The lowest BCUT2D eigenvalue weighted by Gasteiger charge is -2.33. The van der Waals surface area contributed by atoms with Gasteiger partial charge in [-0.2, -0.15) is 0 Å². The number of nitrogens with zero attached hydrogens (tertiary/aromatic N) is 2. The van der Waals surface area contributed by atoms with Gasteiger partial charge in [0.05, 0.1) is 6.04 Å². The molecule has 1 aliphatic rings. The van der Waals surface area contributed by atoms with Crippen LogP contribution >= 0.6 is 0 Å². The summed E-state index contributed by atoms with van der Waals surface area (Å²) >= 11 is 0. The lowest BCUT2D eigenvalue weighted by atomic mass is 9.90. The number of hydrogen-bond acceptors (Lipinski definition) is 2. The van der Waals surface area contributed by atoms with Crippen LogP contribution in [0.25, 0.3) is 0 Å². The van der Waals surface area contributed by atoms with E-state index in [1.807, 2.05) is 48.2 Å². The first-order valence-electron chi connectivity index (χ1n) is 10.7. The van der Waals surface area contributed by atoms with Crippen LogP contribution in [0.5, 0.6) is 0 Å². The van der Waals surface area contributed by atoms with E-state index >= 15 is 0 Å². The lowest BCUT2D eigenvalue weighted by Crippen LogP contribution is -2.41. The van der Waals surface area contributed by atoms with Gasteiger partial charge in [0, 0.05) is 33.0 Å². The van der Waals surface area contributed by atoms with Crippen LogP contribution in [-0.4, -0.2) is 41.2 Å². The van der Waals surface area contributed by atoms with Gasteiger partial charge in [-0.05, 0) is 43.2 Å². The van der Waals surface area contributed by atoms with E-state index in [-0.39, 0.29) is 17.9 Å². The van der Waals surface area contributed by atoms with Gasteiger partial charge in [0.15, 0.2) is 0 Å². The summed E-state index contributed by atoms with van der Waals surface area (Å²) in [7, 11) is 0. The molecule has 29 heavy (non-hydrogen) atoms.